The van der Waals surface area contributed by atoms with Crippen LogP contribution >= 0.6 is 22.7 Å². The van der Waals surface area contributed by atoms with E-state index in [2.05, 4.69) is 329 Å². The zero-order valence-corrected chi connectivity index (χ0v) is 53.1. The van der Waals surface area contributed by atoms with Crippen LogP contribution in [0.3, 0.4) is 0 Å². The largest absolute Gasteiger partial charge is 0.309 e. The predicted octanol–water partition coefficient (Wildman–Crippen LogP) is 26.5. The summed E-state index contributed by atoms with van der Waals surface area (Å²) in [5.41, 5.74) is 18.8. The van der Waals surface area contributed by atoms with Crippen molar-refractivity contribution in [2.24, 2.45) is 0 Å². The molecule has 4 heteroatoms. The second-order valence-corrected chi connectivity index (χ2v) is 26.9. The van der Waals surface area contributed by atoms with Crippen LogP contribution in [0.15, 0.2) is 291 Å². The summed E-state index contributed by atoms with van der Waals surface area (Å²) >= 11 is 3.78. The lowest BCUT2D eigenvalue weighted by atomic mass is 9.92. The lowest BCUT2D eigenvalue weighted by Crippen LogP contribution is -2.14. The van der Waals surface area contributed by atoms with Gasteiger partial charge < -0.3 is 9.80 Å². The first-order chi connectivity index (χ1) is 45.3. The molecule has 0 unspecified atom stereocenters. The molecule has 16 aromatic carbocycles. The minimum atomic E-state index is 1.11. The van der Waals surface area contributed by atoms with Gasteiger partial charge in [-0.3, -0.25) is 0 Å². The fraction of sp³-hybridized carbons (Fsp3) is 0.0455. The van der Waals surface area contributed by atoms with E-state index in [-0.39, 0.29) is 0 Å². The lowest BCUT2D eigenvalue weighted by molar-refractivity contribution is 1.23. The SMILES string of the molecule is Cc1cc(-c2ccc(N(c3ccc4c5ccccc5c5ccccc5c4c3)c3c(C)cccc3-c3cccc4c3sc3ccccc34)c(C)c2)ccc1N(c1ccc2c3ccccc3c3ccccc3c2c1)c1c(C)cccc1-c1cccc2c1sc1ccccc12. The number of benzene rings is 16. The maximum atomic E-state index is 2.56. The van der Waals surface area contributed by atoms with Gasteiger partial charge in [-0.25, -0.2) is 0 Å². The van der Waals surface area contributed by atoms with Crippen LogP contribution in [0.2, 0.25) is 0 Å². The zero-order valence-electron chi connectivity index (χ0n) is 51.4. The number of anilines is 6. The summed E-state index contributed by atoms with van der Waals surface area (Å²) in [6, 6.07) is 109. The molecule has 18 rings (SSSR count). The van der Waals surface area contributed by atoms with E-state index < -0.39 is 0 Å². The Morgan fingerprint density at radius 1 is 0.217 bits per heavy atom. The van der Waals surface area contributed by atoms with Gasteiger partial charge >= 0.3 is 0 Å². The average Bonchev–Trinajstić information content (AvgIpc) is 1.29. The molecule has 0 atom stereocenters. The molecule has 0 bridgehead atoms. The Kier molecular flexibility index (Phi) is 12.6. The van der Waals surface area contributed by atoms with Gasteiger partial charge in [0.25, 0.3) is 0 Å². The van der Waals surface area contributed by atoms with Gasteiger partial charge in [-0.15, -0.1) is 22.7 Å². The molecule has 0 aliphatic heterocycles. The summed E-state index contributed by atoms with van der Waals surface area (Å²) in [5, 5.41) is 20.3. The second kappa shape index (κ2) is 21.4. The topological polar surface area (TPSA) is 6.48 Å². The number of fused-ring (bicyclic) bond motifs is 18. The van der Waals surface area contributed by atoms with Crippen LogP contribution in [0, 0.1) is 27.7 Å². The van der Waals surface area contributed by atoms with E-state index in [1.54, 1.807) is 0 Å². The maximum absolute atomic E-state index is 2.56. The fourth-order valence-corrected chi connectivity index (χ4v) is 17.7. The quantitative estimate of drug-likeness (QED) is 0.133. The van der Waals surface area contributed by atoms with Crippen molar-refractivity contribution in [3.8, 4) is 33.4 Å². The Hall–Kier alpha value is -10.9. The summed E-state index contributed by atoms with van der Waals surface area (Å²) < 4.78 is 5.20. The number of hydrogen-bond acceptors (Lipinski definition) is 4. The second-order valence-electron chi connectivity index (χ2n) is 24.8. The molecule has 0 radical (unpaired) electrons. The van der Waals surface area contributed by atoms with E-state index in [4.69, 9.17) is 0 Å². The molecule has 0 amide bonds. The molecule has 0 spiro atoms. The number of aryl methyl sites for hydroxylation is 4. The van der Waals surface area contributed by atoms with Crippen molar-refractivity contribution < 1.29 is 0 Å². The zero-order chi connectivity index (χ0) is 61.3. The number of rotatable bonds is 9. The highest BCUT2D eigenvalue weighted by molar-refractivity contribution is 7.26. The Bertz CT molecular complexity index is 5660. The van der Waals surface area contributed by atoms with Gasteiger partial charge in [0.2, 0.25) is 0 Å². The molecule has 0 fully saturated rings. The smallest absolute Gasteiger partial charge is 0.0569 e. The van der Waals surface area contributed by atoms with Gasteiger partial charge in [0.05, 0.1) is 11.4 Å². The Balaban J connectivity index is 0.818. The predicted molar refractivity (Wildman–Crippen MR) is 402 cm³/mol. The van der Waals surface area contributed by atoms with Crippen molar-refractivity contribution >= 4 is 162 Å². The minimum Gasteiger partial charge on any atom is -0.309 e. The van der Waals surface area contributed by atoms with Gasteiger partial charge in [0.15, 0.2) is 0 Å². The number of para-hydroxylation sites is 2. The number of nitrogens with zero attached hydrogens (tertiary/aromatic N) is 2. The third kappa shape index (κ3) is 8.44. The maximum Gasteiger partial charge on any atom is 0.0569 e. The molecule has 2 heterocycles. The number of hydrogen-bond donors (Lipinski definition) is 0. The average molecular weight is 1210 g/mol. The molecule has 434 valence electrons. The Labute approximate surface area is 542 Å². The summed E-state index contributed by atoms with van der Waals surface area (Å²) in [6.07, 6.45) is 0. The molecule has 92 heavy (non-hydrogen) atoms. The minimum absolute atomic E-state index is 1.11. The highest BCUT2D eigenvalue weighted by atomic mass is 32.1. The van der Waals surface area contributed by atoms with Crippen molar-refractivity contribution in [3.05, 3.63) is 313 Å². The highest BCUT2D eigenvalue weighted by Crippen LogP contribution is 2.52. The molecule has 2 aromatic heterocycles. The normalized spacial score (nSPS) is 11.9. The summed E-state index contributed by atoms with van der Waals surface area (Å²) in [7, 11) is 0. The number of thiophene rings is 2. The third-order valence-corrected chi connectivity index (χ3v) is 21.9. The molecular weight excluding hydrogens is 1150 g/mol. The van der Waals surface area contributed by atoms with Crippen LogP contribution in [0.4, 0.5) is 34.1 Å². The van der Waals surface area contributed by atoms with E-state index in [1.807, 2.05) is 22.7 Å². The third-order valence-electron chi connectivity index (χ3n) is 19.5. The van der Waals surface area contributed by atoms with Gasteiger partial charge in [0, 0.05) is 85.3 Å². The van der Waals surface area contributed by atoms with Gasteiger partial charge in [-0.1, -0.05) is 231 Å². The van der Waals surface area contributed by atoms with E-state index in [0.29, 0.717) is 0 Å². The van der Waals surface area contributed by atoms with Crippen LogP contribution in [0.25, 0.3) is 138 Å². The first kappa shape index (κ1) is 54.1. The van der Waals surface area contributed by atoms with Crippen molar-refractivity contribution in [3.63, 3.8) is 0 Å². The van der Waals surface area contributed by atoms with Gasteiger partial charge in [0.1, 0.15) is 0 Å². The monoisotopic (exact) mass is 1210 g/mol. The molecule has 0 saturated heterocycles. The van der Waals surface area contributed by atoms with Gasteiger partial charge in [-0.05, 0) is 186 Å². The molecule has 18 aromatic rings. The first-order valence-corrected chi connectivity index (χ1v) is 33.4. The fourth-order valence-electron chi connectivity index (χ4n) is 15.3. The highest BCUT2D eigenvalue weighted by Gasteiger charge is 2.27. The van der Waals surface area contributed by atoms with Crippen LogP contribution in [0.1, 0.15) is 22.3 Å². The van der Waals surface area contributed by atoms with Crippen molar-refractivity contribution in [1.82, 2.24) is 0 Å². The summed E-state index contributed by atoms with van der Waals surface area (Å²) in [6.45, 7) is 9.16. The van der Waals surface area contributed by atoms with Crippen LogP contribution in [-0.2, 0) is 0 Å². The first-order valence-electron chi connectivity index (χ1n) is 31.8. The molecule has 2 nitrogen and oxygen atoms in total. The standard InChI is InChI=1S/C88H60N2S2/c1-53-21-17-33-73(77-37-19-35-75-71-31-13-15-39-83(71)91-87(75)77)85(53)89(59-43-45-69-65-27-7-5-23-61(65)63-25-9-11-29-67(63)79(69)51-59)81-47-41-57(49-55(81)3)58-42-48-82(56(4)50-58)90(60-44-46-70-66-28-8-6-24-62(66)64-26-10-12-30-68(64)80(70)52-60)86-54(2)22-18-34-74(86)78-38-20-36-76-72-32-14-16-40-84(72)92-88(76)78/h5-52H,1-4H3. The summed E-state index contributed by atoms with van der Waals surface area (Å²) in [5.74, 6) is 0. The van der Waals surface area contributed by atoms with Crippen LogP contribution in [-0.4, -0.2) is 0 Å². The van der Waals surface area contributed by atoms with Crippen molar-refractivity contribution in [2.75, 3.05) is 9.80 Å². The van der Waals surface area contributed by atoms with E-state index in [1.165, 1.54) is 172 Å². The molecule has 0 saturated carbocycles. The van der Waals surface area contributed by atoms with Gasteiger partial charge in [-0.2, -0.15) is 0 Å². The Morgan fingerprint density at radius 2 is 0.522 bits per heavy atom. The summed E-state index contributed by atoms with van der Waals surface area (Å²) in [4.78, 5) is 5.11. The van der Waals surface area contributed by atoms with E-state index >= 15 is 0 Å². The van der Waals surface area contributed by atoms with Crippen molar-refractivity contribution in [1.29, 1.82) is 0 Å². The van der Waals surface area contributed by atoms with Crippen LogP contribution < -0.4 is 9.80 Å². The van der Waals surface area contributed by atoms with Crippen LogP contribution in [0.5, 0.6) is 0 Å². The van der Waals surface area contributed by atoms with E-state index in [0.717, 1.165) is 22.7 Å². The van der Waals surface area contributed by atoms with E-state index in [9.17, 15) is 0 Å². The lowest BCUT2D eigenvalue weighted by Gasteiger charge is -2.32. The molecule has 0 N–H and O–H groups in total. The molecular formula is C88H60N2S2. The van der Waals surface area contributed by atoms with Crippen molar-refractivity contribution in [2.45, 2.75) is 27.7 Å². The Morgan fingerprint density at radius 3 is 0.891 bits per heavy atom. The molecule has 0 aliphatic carbocycles. The molecule has 0 aliphatic rings.